The van der Waals surface area contributed by atoms with Gasteiger partial charge in [0.15, 0.2) is 12.4 Å². The van der Waals surface area contributed by atoms with Gasteiger partial charge in [-0.15, -0.1) is 0 Å². The van der Waals surface area contributed by atoms with Gasteiger partial charge in [-0.3, -0.25) is 9.78 Å². The first kappa shape index (κ1) is 20.7. The van der Waals surface area contributed by atoms with Gasteiger partial charge < -0.3 is 9.47 Å². The molecule has 0 N–H and O–H groups in total. The van der Waals surface area contributed by atoms with Crippen LogP contribution < -0.4 is 4.74 Å². The summed E-state index contributed by atoms with van der Waals surface area (Å²) >= 11 is 0. The lowest BCUT2D eigenvalue weighted by Crippen LogP contribution is -2.49. The van der Waals surface area contributed by atoms with E-state index in [1.807, 2.05) is 6.08 Å². The van der Waals surface area contributed by atoms with Gasteiger partial charge >= 0.3 is 5.97 Å². The second-order valence-corrected chi connectivity index (χ2v) is 9.96. The Morgan fingerprint density at radius 2 is 2.06 bits per heavy atom. The van der Waals surface area contributed by atoms with Gasteiger partial charge in [0.25, 0.3) is 0 Å². The fraction of sp³-hybridized carbons (Fsp3) is 0.654. The average Bonchev–Trinajstić information content (AvgIpc) is 3.16. The molecule has 5 heteroatoms. The molecule has 0 radical (unpaired) electrons. The minimum atomic E-state index is -0.274. The minimum absolute atomic E-state index is 0.00155. The van der Waals surface area contributed by atoms with Crippen molar-refractivity contribution in [1.82, 2.24) is 4.98 Å². The van der Waals surface area contributed by atoms with Crippen LogP contribution in [0.1, 0.15) is 64.7 Å². The summed E-state index contributed by atoms with van der Waals surface area (Å²) in [5, 5.41) is 0. The number of ketones is 1. The number of nitrogens with zero attached hydrogens (tertiary/aromatic N) is 1. The largest absolute Gasteiger partial charge is 0.480 e. The van der Waals surface area contributed by atoms with Crippen LogP contribution in [0.25, 0.3) is 0 Å². The maximum absolute atomic E-state index is 12.6. The molecule has 1 aromatic rings. The SMILES string of the molecule is CCC12CCC3C4CCC(=O)C=C4CCC3C1CCC2OC(=O)COc1cccnc1. The van der Waals surface area contributed by atoms with Crippen LogP contribution in [0.3, 0.4) is 0 Å². The third kappa shape index (κ3) is 3.70. The molecule has 4 aliphatic carbocycles. The van der Waals surface area contributed by atoms with Crippen LogP contribution in [0.2, 0.25) is 0 Å². The van der Waals surface area contributed by atoms with Crippen molar-refractivity contribution in [3.63, 3.8) is 0 Å². The maximum atomic E-state index is 12.6. The van der Waals surface area contributed by atoms with Gasteiger partial charge in [-0.05, 0) is 93.2 Å². The molecule has 0 bridgehead atoms. The van der Waals surface area contributed by atoms with Crippen LogP contribution in [-0.4, -0.2) is 29.4 Å². The molecule has 5 rings (SSSR count). The van der Waals surface area contributed by atoms with Crippen LogP contribution >= 0.6 is 0 Å². The molecule has 0 amide bonds. The number of ether oxygens (including phenoxy) is 2. The van der Waals surface area contributed by atoms with E-state index in [9.17, 15) is 9.59 Å². The summed E-state index contributed by atoms with van der Waals surface area (Å²) in [6, 6.07) is 3.59. The summed E-state index contributed by atoms with van der Waals surface area (Å²) in [6.07, 6.45) is 14.8. The molecule has 0 spiro atoms. The molecule has 0 aliphatic heterocycles. The highest BCUT2D eigenvalue weighted by molar-refractivity contribution is 5.91. The Hall–Kier alpha value is -2.17. The number of fused-ring (bicyclic) bond motifs is 5. The van der Waals surface area contributed by atoms with Crippen molar-refractivity contribution < 1.29 is 19.1 Å². The maximum Gasteiger partial charge on any atom is 0.344 e. The normalized spacial score (nSPS) is 36.6. The molecule has 0 saturated heterocycles. The van der Waals surface area contributed by atoms with E-state index in [2.05, 4.69) is 11.9 Å². The number of carbonyl (C=O) groups excluding carboxylic acids is 2. The predicted molar refractivity (Wildman–Crippen MR) is 116 cm³/mol. The molecule has 31 heavy (non-hydrogen) atoms. The van der Waals surface area contributed by atoms with E-state index in [-0.39, 0.29) is 24.1 Å². The summed E-state index contributed by atoms with van der Waals surface area (Å²) in [5.74, 6) is 3.30. The van der Waals surface area contributed by atoms with Crippen molar-refractivity contribution in [2.45, 2.75) is 70.8 Å². The van der Waals surface area contributed by atoms with E-state index in [4.69, 9.17) is 9.47 Å². The summed E-state index contributed by atoms with van der Waals surface area (Å²) < 4.78 is 11.6. The first-order chi connectivity index (χ1) is 15.1. The van der Waals surface area contributed by atoms with Gasteiger partial charge in [0.05, 0.1) is 6.20 Å². The molecular formula is C26H33NO4. The Bertz CT molecular complexity index is 865. The monoisotopic (exact) mass is 423 g/mol. The Morgan fingerprint density at radius 3 is 2.87 bits per heavy atom. The summed E-state index contributed by atoms with van der Waals surface area (Å²) in [7, 11) is 0. The van der Waals surface area contributed by atoms with Gasteiger partial charge in [-0.2, -0.15) is 0 Å². The third-order valence-corrected chi connectivity index (χ3v) is 8.86. The van der Waals surface area contributed by atoms with Crippen LogP contribution in [0.5, 0.6) is 5.75 Å². The minimum Gasteiger partial charge on any atom is -0.480 e. The smallest absolute Gasteiger partial charge is 0.344 e. The lowest BCUT2D eigenvalue weighted by Gasteiger charge is -2.54. The second kappa shape index (κ2) is 8.40. The number of hydrogen-bond donors (Lipinski definition) is 0. The lowest BCUT2D eigenvalue weighted by molar-refractivity contribution is -0.163. The fourth-order valence-corrected chi connectivity index (χ4v) is 7.55. The molecule has 1 heterocycles. The van der Waals surface area contributed by atoms with Gasteiger partial charge in [0.2, 0.25) is 0 Å². The molecule has 5 nitrogen and oxygen atoms in total. The topological polar surface area (TPSA) is 65.5 Å². The summed E-state index contributed by atoms with van der Waals surface area (Å²) in [4.78, 5) is 28.5. The zero-order chi connectivity index (χ0) is 21.4. The van der Waals surface area contributed by atoms with Crippen LogP contribution in [0, 0.1) is 29.1 Å². The quantitative estimate of drug-likeness (QED) is 0.630. The number of esters is 1. The van der Waals surface area contributed by atoms with Crippen molar-refractivity contribution in [2.24, 2.45) is 29.1 Å². The molecule has 6 unspecified atom stereocenters. The number of pyridine rings is 1. The second-order valence-electron chi connectivity index (χ2n) is 9.96. The van der Waals surface area contributed by atoms with Crippen molar-refractivity contribution in [1.29, 1.82) is 0 Å². The van der Waals surface area contributed by atoms with Gasteiger partial charge in [-0.25, -0.2) is 4.79 Å². The van der Waals surface area contributed by atoms with Crippen LogP contribution in [0.15, 0.2) is 36.2 Å². The zero-order valence-electron chi connectivity index (χ0n) is 18.4. The van der Waals surface area contributed by atoms with E-state index >= 15 is 0 Å². The Labute approximate surface area is 184 Å². The zero-order valence-corrected chi connectivity index (χ0v) is 18.4. The molecule has 1 aromatic heterocycles. The number of aromatic nitrogens is 1. The lowest BCUT2D eigenvalue weighted by atomic mass is 9.51. The molecule has 166 valence electrons. The van der Waals surface area contributed by atoms with E-state index in [1.54, 1.807) is 24.5 Å². The van der Waals surface area contributed by atoms with E-state index < -0.39 is 0 Å². The van der Waals surface area contributed by atoms with Crippen molar-refractivity contribution >= 4 is 11.8 Å². The number of carbonyl (C=O) groups is 2. The Morgan fingerprint density at radius 1 is 1.16 bits per heavy atom. The molecular weight excluding hydrogens is 390 g/mol. The predicted octanol–water partition coefficient (Wildman–Crippen LogP) is 4.90. The van der Waals surface area contributed by atoms with Crippen molar-refractivity contribution in [2.75, 3.05) is 6.61 Å². The summed E-state index contributed by atoms with van der Waals surface area (Å²) in [6.45, 7) is 2.21. The third-order valence-electron chi connectivity index (χ3n) is 8.86. The highest BCUT2D eigenvalue weighted by Crippen LogP contribution is 2.63. The van der Waals surface area contributed by atoms with Gasteiger partial charge in [-0.1, -0.05) is 12.5 Å². The van der Waals surface area contributed by atoms with Crippen LogP contribution in [0.4, 0.5) is 0 Å². The Kier molecular flexibility index (Phi) is 5.61. The van der Waals surface area contributed by atoms with Gasteiger partial charge in [0.1, 0.15) is 11.9 Å². The Balaban J connectivity index is 1.27. The average molecular weight is 424 g/mol. The molecule has 4 aliphatic rings. The number of hydrogen-bond acceptors (Lipinski definition) is 5. The van der Waals surface area contributed by atoms with Gasteiger partial charge in [0, 0.05) is 18.0 Å². The highest BCUT2D eigenvalue weighted by atomic mass is 16.6. The number of rotatable bonds is 5. The number of allylic oxidation sites excluding steroid dienone is 1. The molecule has 0 aromatic carbocycles. The van der Waals surface area contributed by atoms with E-state index in [0.717, 1.165) is 44.9 Å². The summed E-state index contributed by atoms with van der Waals surface area (Å²) in [5.41, 5.74) is 1.53. The van der Waals surface area contributed by atoms with Crippen molar-refractivity contribution in [3.05, 3.63) is 36.2 Å². The molecule has 3 saturated carbocycles. The van der Waals surface area contributed by atoms with Crippen LogP contribution in [-0.2, 0) is 14.3 Å². The first-order valence-electron chi connectivity index (χ1n) is 12.1. The molecule has 3 fully saturated rings. The highest BCUT2D eigenvalue weighted by Gasteiger charge is 2.58. The van der Waals surface area contributed by atoms with E-state index in [0.29, 0.717) is 35.2 Å². The first-order valence-corrected chi connectivity index (χ1v) is 12.1. The standard InChI is InChI=1S/C26H33NO4/c1-2-26-12-11-21-20-8-6-18(28)14-17(20)5-7-22(21)23(26)9-10-24(26)31-25(29)16-30-19-4-3-13-27-15-19/h3-4,13-15,20-24H,2,5-12,16H2,1H3. The van der Waals surface area contributed by atoms with E-state index in [1.165, 1.54) is 18.4 Å². The van der Waals surface area contributed by atoms with Crippen molar-refractivity contribution in [3.8, 4) is 5.75 Å². The molecule has 6 atom stereocenters. The fourth-order valence-electron chi connectivity index (χ4n) is 7.55.